The fourth-order valence-electron chi connectivity index (χ4n) is 2.48. The molecule has 0 aliphatic carbocycles. The molecule has 2 aromatic heterocycles. The van der Waals surface area contributed by atoms with Crippen LogP contribution >= 0.6 is 11.3 Å². The molecule has 2 aromatic rings. The van der Waals surface area contributed by atoms with Crippen LogP contribution in [0.5, 0.6) is 0 Å². The summed E-state index contributed by atoms with van der Waals surface area (Å²) in [7, 11) is 0. The number of aliphatic hydroxyl groups is 1. The van der Waals surface area contributed by atoms with E-state index in [1.54, 1.807) is 11.3 Å². The number of nitrogens with zero attached hydrogens (tertiary/aromatic N) is 4. The summed E-state index contributed by atoms with van der Waals surface area (Å²) in [4.78, 5) is 10.2. The van der Waals surface area contributed by atoms with Crippen molar-refractivity contribution in [3.8, 4) is 10.7 Å². The highest BCUT2D eigenvalue weighted by Gasteiger charge is 2.19. The van der Waals surface area contributed by atoms with Crippen LogP contribution in [0.2, 0.25) is 0 Å². The molecule has 0 unspecified atom stereocenters. The molecule has 0 spiro atoms. The van der Waals surface area contributed by atoms with Gasteiger partial charge in [-0.05, 0) is 17.9 Å². The van der Waals surface area contributed by atoms with E-state index in [0.29, 0.717) is 18.3 Å². The van der Waals surface area contributed by atoms with Crippen LogP contribution in [0.25, 0.3) is 10.7 Å². The van der Waals surface area contributed by atoms with Crippen molar-refractivity contribution < 1.29 is 9.63 Å². The number of rotatable bonds is 6. The van der Waals surface area contributed by atoms with Gasteiger partial charge in [0.15, 0.2) is 0 Å². The summed E-state index contributed by atoms with van der Waals surface area (Å²) in [6.45, 7) is 6.04. The van der Waals surface area contributed by atoms with Gasteiger partial charge in [0.25, 0.3) is 0 Å². The van der Waals surface area contributed by atoms with Crippen LogP contribution in [0.15, 0.2) is 22.0 Å². The van der Waals surface area contributed by atoms with Gasteiger partial charge in [0, 0.05) is 39.3 Å². The van der Waals surface area contributed by atoms with Gasteiger partial charge in [-0.15, -0.1) is 11.3 Å². The van der Waals surface area contributed by atoms with E-state index in [2.05, 4.69) is 19.9 Å². The molecule has 1 N–H and O–H groups in total. The van der Waals surface area contributed by atoms with E-state index in [-0.39, 0.29) is 6.61 Å². The predicted octanol–water partition coefficient (Wildman–Crippen LogP) is 1.30. The van der Waals surface area contributed by atoms with Crippen molar-refractivity contribution in [2.24, 2.45) is 0 Å². The molecule has 0 saturated carbocycles. The molecule has 1 saturated heterocycles. The third kappa shape index (κ3) is 3.88. The number of hydrogen-bond acceptors (Lipinski definition) is 7. The molecule has 0 atom stereocenters. The zero-order valence-corrected chi connectivity index (χ0v) is 12.8. The van der Waals surface area contributed by atoms with Crippen molar-refractivity contribution in [1.82, 2.24) is 19.9 Å². The molecule has 0 radical (unpaired) electrons. The summed E-state index contributed by atoms with van der Waals surface area (Å²) in [6.07, 6.45) is 0.855. The first kappa shape index (κ1) is 14.6. The van der Waals surface area contributed by atoms with E-state index in [1.807, 2.05) is 17.5 Å². The van der Waals surface area contributed by atoms with Crippen molar-refractivity contribution in [2.75, 3.05) is 39.3 Å². The van der Waals surface area contributed by atoms with Crippen molar-refractivity contribution in [2.45, 2.75) is 13.0 Å². The van der Waals surface area contributed by atoms with Gasteiger partial charge < -0.3 is 14.5 Å². The van der Waals surface area contributed by atoms with Crippen LogP contribution < -0.4 is 0 Å². The van der Waals surface area contributed by atoms with E-state index in [9.17, 15) is 0 Å². The van der Waals surface area contributed by atoms with Crippen molar-refractivity contribution in [3.63, 3.8) is 0 Å². The zero-order valence-electron chi connectivity index (χ0n) is 11.9. The third-order valence-corrected chi connectivity index (χ3v) is 4.53. The summed E-state index contributed by atoms with van der Waals surface area (Å²) in [5.74, 6) is 1.36. The molecule has 3 heterocycles. The van der Waals surface area contributed by atoms with E-state index >= 15 is 0 Å². The first-order chi connectivity index (χ1) is 10.3. The van der Waals surface area contributed by atoms with E-state index in [1.165, 1.54) is 0 Å². The molecule has 7 heteroatoms. The largest absolute Gasteiger partial charge is 0.396 e. The van der Waals surface area contributed by atoms with Crippen molar-refractivity contribution in [1.29, 1.82) is 0 Å². The second-order valence-electron chi connectivity index (χ2n) is 5.18. The Morgan fingerprint density at radius 1 is 1.24 bits per heavy atom. The average Bonchev–Trinajstić information content (AvgIpc) is 3.17. The second kappa shape index (κ2) is 7.13. The predicted molar refractivity (Wildman–Crippen MR) is 81.0 cm³/mol. The van der Waals surface area contributed by atoms with E-state index < -0.39 is 0 Å². The molecule has 3 rings (SSSR count). The average molecular weight is 308 g/mol. The summed E-state index contributed by atoms with van der Waals surface area (Å²) in [5.41, 5.74) is 0. The van der Waals surface area contributed by atoms with Gasteiger partial charge in [-0.2, -0.15) is 4.98 Å². The van der Waals surface area contributed by atoms with Crippen LogP contribution in [0.4, 0.5) is 0 Å². The molecule has 21 heavy (non-hydrogen) atoms. The fourth-order valence-corrected chi connectivity index (χ4v) is 3.13. The number of aliphatic hydroxyl groups excluding tert-OH is 1. The first-order valence-electron chi connectivity index (χ1n) is 7.27. The zero-order chi connectivity index (χ0) is 14.5. The lowest BCUT2D eigenvalue weighted by Gasteiger charge is -2.33. The van der Waals surface area contributed by atoms with Crippen LogP contribution in [0.1, 0.15) is 12.3 Å². The Balaban J connectivity index is 1.49. The summed E-state index contributed by atoms with van der Waals surface area (Å²) in [5, 5.41) is 14.9. The Labute approximate surface area is 128 Å². The third-order valence-electron chi connectivity index (χ3n) is 3.67. The van der Waals surface area contributed by atoms with Crippen LogP contribution in [0.3, 0.4) is 0 Å². The lowest BCUT2D eigenvalue weighted by atomic mass is 10.3. The second-order valence-corrected chi connectivity index (χ2v) is 6.13. The van der Waals surface area contributed by atoms with Gasteiger partial charge in [-0.3, -0.25) is 4.90 Å². The highest BCUT2D eigenvalue weighted by atomic mass is 32.1. The quantitative estimate of drug-likeness (QED) is 0.868. The topological polar surface area (TPSA) is 65.6 Å². The molecule has 0 bridgehead atoms. The van der Waals surface area contributed by atoms with E-state index in [0.717, 1.165) is 44.0 Å². The van der Waals surface area contributed by atoms with Crippen molar-refractivity contribution in [3.05, 3.63) is 23.4 Å². The first-order valence-corrected chi connectivity index (χ1v) is 8.15. The monoisotopic (exact) mass is 308 g/mol. The number of piperazine rings is 1. The fraction of sp³-hybridized carbons (Fsp3) is 0.571. The SMILES string of the molecule is OCCCN1CCN(Cc2nc(-c3cccs3)no2)CC1. The van der Waals surface area contributed by atoms with Gasteiger partial charge in [-0.25, -0.2) is 0 Å². The Morgan fingerprint density at radius 2 is 2.05 bits per heavy atom. The van der Waals surface area contributed by atoms with Gasteiger partial charge in [0.2, 0.25) is 11.7 Å². The minimum Gasteiger partial charge on any atom is -0.396 e. The summed E-state index contributed by atoms with van der Waals surface area (Å²) in [6, 6.07) is 3.99. The Hall–Kier alpha value is -1.28. The smallest absolute Gasteiger partial charge is 0.241 e. The Kier molecular flexibility index (Phi) is 4.97. The van der Waals surface area contributed by atoms with Gasteiger partial charge in [0.1, 0.15) is 0 Å². The lowest BCUT2D eigenvalue weighted by molar-refractivity contribution is 0.111. The molecular formula is C14H20N4O2S. The van der Waals surface area contributed by atoms with Gasteiger partial charge >= 0.3 is 0 Å². The van der Waals surface area contributed by atoms with Gasteiger partial charge in [0.05, 0.1) is 11.4 Å². The minimum atomic E-state index is 0.272. The highest BCUT2D eigenvalue weighted by Crippen LogP contribution is 2.21. The van der Waals surface area contributed by atoms with Gasteiger partial charge in [-0.1, -0.05) is 11.2 Å². The molecule has 0 aromatic carbocycles. The Bertz CT molecular complexity index is 535. The van der Waals surface area contributed by atoms with Crippen LogP contribution in [-0.4, -0.2) is 64.4 Å². The standard InChI is InChI=1S/C14H20N4O2S/c19-9-2-4-17-5-7-18(8-6-17)11-13-15-14(16-20-13)12-3-1-10-21-12/h1,3,10,19H,2,4-9,11H2. The van der Waals surface area contributed by atoms with Crippen LogP contribution in [-0.2, 0) is 6.54 Å². The maximum absolute atomic E-state index is 8.86. The minimum absolute atomic E-state index is 0.272. The molecule has 1 aliphatic heterocycles. The van der Waals surface area contributed by atoms with E-state index in [4.69, 9.17) is 9.63 Å². The summed E-state index contributed by atoms with van der Waals surface area (Å²) < 4.78 is 5.34. The Morgan fingerprint density at radius 3 is 2.76 bits per heavy atom. The van der Waals surface area contributed by atoms with Crippen molar-refractivity contribution >= 4 is 11.3 Å². The molecule has 1 aliphatic rings. The highest BCUT2D eigenvalue weighted by molar-refractivity contribution is 7.13. The maximum atomic E-state index is 8.86. The molecular weight excluding hydrogens is 288 g/mol. The maximum Gasteiger partial charge on any atom is 0.241 e. The number of aromatic nitrogens is 2. The molecule has 0 amide bonds. The number of thiophene rings is 1. The molecule has 1 fully saturated rings. The molecule has 114 valence electrons. The van der Waals surface area contributed by atoms with Crippen LogP contribution in [0, 0.1) is 0 Å². The number of hydrogen-bond donors (Lipinski definition) is 1. The normalized spacial score (nSPS) is 17.4. The lowest BCUT2D eigenvalue weighted by Crippen LogP contribution is -2.46. The summed E-state index contributed by atoms with van der Waals surface area (Å²) >= 11 is 1.62. The molecule has 6 nitrogen and oxygen atoms in total.